The summed E-state index contributed by atoms with van der Waals surface area (Å²) in [5, 5.41) is 10.2. The highest BCUT2D eigenvalue weighted by Crippen LogP contribution is 2.24. The Morgan fingerprint density at radius 2 is 1.50 bits per heavy atom. The maximum atomic E-state index is 10.2. The van der Waals surface area contributed by atoms with Crippen molar-refractivity contribution < 1.29 is 5.11 Å². The summed E-state index contributed by atoms with van der Waals surface area (Å²) >= 11 is 0. The van der Waals surface area contributed by atoms with E-state index in [0.717, 1.165) is 32.1 Å². The summed E-state index contributed by atoms with van der Waals surface area (Å²) in [7, 11) is 0. The van der Waals surface area contributed by atoms with Crippen LogP contribution < -0.4 is 5.73 Å². The average molecular weight is 201 g/mol. The first-order valence-corrected chi connectivity index (χ1v) is 6.09. The molecule has 2 nitrogen and oxygen atoms in total. The van der Waals surface area contributed by atoms with Gasteiger partial charge in [0.05, 0.1) is 6.10 Å². The predicted octanol–water partition coefficient (Wildman–Crippen LogP) is 2.55. The normalized spacial score (nSPS) is 15.9. The second-order valence-electron chi connectivity index (χ2n) is 4.23. The minimum absolute atomic E-state index is 0.190. The van der Waals surface area contributed by atoms with Crippen LogP contribution in [0.4, 0.5) is 0 Å². The molecule has 0 aliphatic rings. The molecule has 0 spiro atoms. The van der Waals surface area contributed by atoms with Crippen LogP contribution in [0.2, 0.25) is 0 Å². The van der Waals surface area contributed by atoms with Crippen LogP contribution in [0.15, 0.2) is 0 Å². The van der Waals surface area contributed by atoms with E-state index in [4.69, 9.17) is 5.73 Å². The fourth-order valence-corrected chi connectivity index (χ4v) is 2.16. The smallest absolute Gasteiger partial charge is 0.0608 e. The third-order valence-corrected chi connectivity index (χ3v) is 3.11. The molecule has 2 heteroatoms. The van der Waals surface area contributed by atoms with Crippen LogP contribution in [0.1, 0.15) is 52.9 Å². The van der Waals surface area contributed by atoms with Crippen LogP contribution in [0.3, 0.4) is 0 Å². The van der Waals surface area contributed by atoms with Crippen molar-refractivity contribution in [2.45, 2.75) is 59.0 Å². The number of hydrogen-bond acceptors (Lipinski definition) is 2. The van der Waals surface area contributed by atoms with Gasteiger partial charge in [-0.1, -0.05) is 33.6 Å². The van der Waals surface area contributed by atoms with Gasteiger partial charge in [0.25, 0.3) is 0 Å². The lowest BCUT2D eigenvalue weighted by Crippen LogP contribution is -2.33. The lowest BCUT2D eigenvalue weighted by atomic mass is 9.84. The van der Waals surface area contributed by atoms with Crippen molar-refractivity contribution in [3.05, 3.63) is 0 Å². The molecule has 0 aromatic rings. The number of hydrogen-bond donors (Lipinski definition) is 2. The van der Waals surface area contributed by atoms with Gasteiger partial charge in [0.1, 0.15) is 0 Å². The predicted molar refractivity (Wildman–Crippen MR) is 62.1 cm³/mol. The molecule has 3 N–H and O–H groups in total. The number of aliphatic hydroxyl groups is 1. The summed E-state index contributed by atoms with van der Waals surface area (Å²) < 4.78 is 0. The van der Waals surface area contributed by atoms with Crippen molar-refractivity contribution in [3.8, 4) is 0 Å². The molecule has 0 bridgehead atoms. The van der Waals surface area contributed by atoms with Gasteiger partial charge in [0, 0.05) is 0 Å². The van der Waals surface area contributed by atoms with Gasteiger partial charge >= 0.3 is 0 Å². The third-order valence-electron chi connectivity index (χ3n) is 3.11. The highest BCUT2D eigenvalue weighted by atomic mass is 16.3. The van der Waals surface area contributed by atoms with Crippen molar-refractivity contribution in [1.29, 1.82) is 0 Å². The van der Waals surface area contributed by atoms with Crippen molar-refractivity contribution in [3.63, 3.8) is 0 Å². The Hall–Kier alpha value is -0.0800. The van der Waals surface area contributed by atoms with Gasteiger partial charge in [0.15, 0.2) is 0 Å². The molecule has 0 rings (SSSR count). The highest BCUT2D eigenvalue weighted by molar-refractivity contribution is 4.76. The molecule has 2 unspecified atom stereocenters. The van der Waals surface area contributed by atoms with Crippen LogP contribution >= 0.6 is 0 Å². The lowest BCUT2D eigenvalue weighted by Gasteiger charge is -2.28. The number of nitrogens with two attached hydrogens (primary N) is 1. The molecule has 0 radical (unpaired) electrons. The molecule has 0 fully saturated rings. The Morgan fingerprint density at radius 3 is 1.79 bits per heavy atom. The van der Waals surface area contributed by atoms with E-state index in [-0.39, 0.29) is 12.0 Å². The first-order valence-electron chi connectivity index (χ1n) is 6.09. The summed E-state index contributed by atoms with van der Waals surface area (Å²) in [5.41, 5.74) is 5.65. The topological polar surface area (TPSA) is 46.2 Å². The Kier molecular flexibility index (Phi) is 8.20. The molecule has 14 heavy (non-hydrogen) atoms. The van der Waals surface area contributed by atoms with Crippen LogP contribution in [-0.2, 0) is 0 Å². The molecule has 0 aliphatic heterocycles. The summed E-state index contributed by atoms with van der Waals surface area (Å²) in [5.74, 6) is 0.747. The summed E-state index contributed by atoms with van der Waals surface area (Å²) in [4.78, 5) is 0. The van der Waals surface area contributed by atoms with Crippen LogP contribution in [0, 0.1) is 11.8 Å². The van der Waals surface area contributed by atoms with Gasteiger partial charge in [-0.05, 0) is 37.6 Å². The van der Waals surface area contributed by atoms with Gasteiger partial charge in [-0.2, -0.15) is 0 Å². The summed E-state index contributed by atoms with van der Waals surface area (Å²) in [6.45, 7) is 7.08. The van der Waals surface area contributed by atoms with E-state index >= 15 is 0 Å². The molecule has 0 heterocycles. The van der Waals surface area contributed by atoms with Crippen molar-refractivity contribution in [1.82, 2.24) is 0 Å². The zero-order valence-corrected chi connectivity index (χ0v) is 10.00. The summed E-state index contributed by atoms with van der Waals surface area (Å²) in [6, 6.07) is 0. The van der Waals surface area contributed by atoms with Crippen molar-refractivity contribution >= 4 is 0 Å². The van der Waals surface area contributed by atoms with Crippen LogP contribution in [0.5, 0.6) is 0 Å². The second-order valence-corrected chi connectivity index (χ2v) is 4.23. The van der Waals surface area contributed by atoms with E-state index in [1.807, 2.05) is 0 Å². The number of rotatable bonds is 8. The molecular weight excluding hydrogens is 174 g/mol. The molecule has 0 saturated carbocycles. The van der Waals surface area contributed by atoms with Crippen LogP contribution in [0.25, 0.3) is 0 Å². The van der Waals surface area contributed by atoms with E-state index in [1.54, 1.807) is 0 Å². The van der Waals surface area contributed by atoms with Gasteiger partial charge in [-0.25, -0.2) is 0 Å². The fraction of sp³-hybridized carbons (Fsp3) is 1.00. The van der Waals surface area contributed by atoms with Gasteiger partial charge in [0.2, 0.25) is 0 Å². The molecule has 86 valence electrons. The standard InChI is InChI=1S/C12H27NO/c1-4-7-11(8-5-2)12(14)10(6-3)9-13/h10-12,14H,4-9,13H2,1-3H3. The molecule has 0 aromatic heterocycles. The Balaban J connectivity index is 4.16. The first-order chi connectivity index (χ1) is 6.71. The van der Waals surface area contributed by atoms with Gasteiger partial charge < -0.3 is 10.8 Å². The summed E-state index contributed by atoms with van der Waals surface area (Å²) in [6.07, 6.45) is 5.37. The quantitative estimate of drug-likeness (QED) is 0.634. The van der Waals surface area contributed by atoms with Gasteiger partial charge in [-0.15, -0.1) is 0 Å². The largest absolute Gasteiger partial charge is 0.393 e. The molecular formula is C12H27NO. The highest BCUT2D eigenvalue weighted by Gasteiger charge is 2.24. The van der Waals surface area contributed by atoms with E-state index in [2.05, 4.69) is 20.8 Å². The number of aliphatic hydroxyl groups excluding tert-OH is 1. The SMILES string of the molecule is CCCC(CCC)C(O)C(CC)CN. The molecule has 0 aliphatic carbocycles. The maximum absolute atomic E-state index is 10.2. The molecule has 0 aromatic carbocycles. The van der Waals surface area contributed by atoms with E-state index < -0.39 is 0 Å². The van der Waals surface area contributed by atoms with Crippen molar-refractivity contribution in [2.75, 3.05) is 6.54 Å². The van der Waals surface area contributed by atoms with Gasteiger partial charge in [-0.3, -0.25) is 0 Å². The minimum Gasteiger partial charge on any atom is -0.393 e. The Bertz CT molecular complexity index is 117. The Morgan fingerprint density at radius 1 is 1.00 bits per heavy atom. The van der Waals surface area contributed by atoms with Crippen LogP contribution in [-0.4, -0.2) is 17.8 Å². The van der Waals surface area contributed by atoms with E-state index in [0.29, 0.717) is 12.5 Å². The average Bonchev–Trinajstić information content (AvgIpc) is 2.19. The fourth-order valence-electron chi connectivity index (χ4n) is 2.16. The maximum Gasteiger partial charge on any atom is 0.0608 e. The molecule has 0 saturated heterocycles. The first kappa shape index (κ1) is 13.9. The Labute approximate surface area is 88.9 Å². The second kappa shape index (κ2) is 8.25. The zero-order valence-electron chi connectivity index (χ0n) is 10.00. The lowest BCUT2D eigenvalue weighted by molar-refractivity contribution is 0.0430. The molecule has 2 atom stereocenters. The minimum atomic E-state index is -0.190. The van der Waals surface area contributed by atoms with E-state index in [1.165, 1.54) is 0 Å². The molecule has 0 amide bonds. The third kappa shape index (κ3) is 4.43. The monoisotopic (exact) mass is 201 g/mol. The zero-order chi connectivity index (χ0) is 11.0. The van der Waals surface area contributed by atoms with E-state index in [9.17, 15) is 5.11 Å². The van der Waals surface area contributed by atoms with Crippen molar-refractivity contribution in [2.24, 2.45) is 17.6 Å².